The number of amides is 1. The fourth-order valence-corrected chi connectivity index (χ4v) is 1.46. The van der Waals surface area contributed by atoms with Gasteiger partial charge in [-0.2, -0.15) is 0 Å². The van der Waals surface area contributed by atoms with Crippen LogP contribution in [0.15, 0.2) is 24.3 Å². The Morgan fingerprint density at radius 1 is 1.26 bits per heavy atom. The van der Waals surface area contributed by atoms with Gasteiger partial charge in [0, 0.05) is 26.3 Å². The largest absolute Gasteiger partial charge is 0.494 e. The first-order valence-electron chi connectivity index (χ1n) is 6.37. The summed E-state index contributed by atoms with van der Waals surface area (Å²) in [5.74, 6) is 1.22. The van der Waals surface area contributed by atoms with Gasteiger partial charge in [-0.3, -0.25) is 4.79 Å². The first-order chi connectivity index (χ1) is 9.26. The van der Waals surface area contributed by atoms with E-state index in [1.54, 1.807) is 19.2 Å². The highest BCUT2D eigenvalue weighted by Gasteiger charge is 2.03. The molecule has 1 aromatic carbocycles. The number of carbonyl (C=O) groups excluding carboxylic acids is 1. The molecule has 1 rings (SSSR count). The zero-order chi connectivity index (χ0) is 13.9. The average molecular weight is 267 g/mol. The van der Waals surface area contributed by atoms with E-state index in [0.717, 1.165) is 12.2 Å². The monoisotopic (exact) mass is 267 g/mol. The van der Waals surface area contributed by atoms with E-state index in [9.17, 15) is 4.79 Å². The first kappa shape index (κ1) is 15.3. The van der Waals surface area contributed by atoms with Gasteiger partial charge in [0.05, 0.1) is 6.61 Å². The van der Waals surface area contributed by atoms with Gasteiger partial charge in [-0.05, 0) is 25.5 Å². The zero-order valence-corrected chi connectivity index (χ0v) is 11.5. The molecule has 0 aliphatic rings. The van der Waals surface area contributed by atoms with Gasteiger partial charge in [0.2, 0.25) is 0 Å². The van der Waals surface area contributed by atoms with Crippen LogP contribution in [0.25, 0.3) is 0 Å². The summed E-state index contributed by atoms with van der Waals surface area (Å²) in [6, 6.07) is 7.24. The van der Waals surface area contributed by atoms with Crippen molar-refractivity contribution in [3.63, 3.8) is 0 Å². The van der Waals surface area contributed by atoms with Gasteiger partial charge >= 0.3 is 0 Å². The molecule has 1 amide bonds. The van der Waals surface area contributed by atoms with Gasteiger partial charge in [-0.15, -0.1) is 0 Å². The number of carbonyl (C=O) groups is 1. The summed E-state index contributed by atoms with van der Waals surface area (Å²) in [7, 11) is 1.64. The summed E-state index contributed by atoms with van der Waals surface area (Å²) in [6.45, 7) is 3.75. The van der Waals surface area contributed by atoms with E-state index in [4.69, 9.17) is 14.2 Å². The molecule has 1 N–H and O–H groups in total. The van der Waals surface area contributed by atoms with Gasteiger partial charge in [0.25, 0.3) is 5.91 Å². The summed E-state index contributed by atoms with van der Waals surface area (Å²) in [6.07, 6.45) is 0.794. The number of benzene rings is 1. The molecule has 0 atom stereocenters. The lowest BCUT2D eigenvalue weighted by Gasteiger charge is -2.09. The lowest BCUT2D eigenvalue weighted by Crippen LogP contribution is -2.30. The maximum atomic E-state index is 11.5. The molecule has 0 unspecified atom stereocenters. The number of ether oxygens (including phenoxy) is 3. The maximum absolute atomic E-state index is 11.5. The second-order valence-electron chi connectivity index (χ2n) is 3.89. The van der Waals surface area contributed by atoms with Crippen molar-refractivity contribution in [3.05, 3.63) is 24.3 Å². The van der Waals surface area contributed by atoms with Crippen molar-refractivity contribution >= 4 is 5.91 Å². The van der Waals surface area contributed by atoms with Gasteiger partial charge in [0.15, 0.2) is 6.61 Å². The van der Waals surface area contributed by atoms with Crippen LogP contribution < -0.4 is 14.8 Å². The average Bonchev–Trinajstić information content (AvgIpc) is 2.42. The van der Waals surface area contributed by atoms with E-state index in [1.807, 2.05) is 19.1 Å². The number of rotatable bonds is 9. The van der Waals surface area contributed by atoms with Gasteiger partial charge < -0.3 is 19.5 Å². The fourth-order valence-electron chi connectivity index (χ4n) is 1.46. The predicted molar refractivity (Wildman–Crippen MR) is 72.6 cm³/mol. The van der Waals surface area contributed by atoms with Crippen molar-refractivity contribution in [1.29, 1.82) is 0 Å². The second-order valence-corrected chi connectivity index (χ2v) is 3.89. The minimum atomic E-state index is -0.141. The first-order valence-corrected chi connectivity index (χ1v) is 6.37. The topological polar surface area (TPSA) is 56.8 Å². The van der Waals surface area contributed by atoms with Crippen LogP contribution in [0, 0.1) is 0 Å². The SMILES string of the molecule is CCOc1cccc(OCC(=O)NCCCOC)c1. The van der Waals surface area contributed by atoms with Crippen LogP contribution in [-0.2, 0) is 9.53 Å². The molecule has 106 valence electrons. The van der Waals surface area contributed by atoms with E-state index in [0.29, 0.717) is 25.5 Å². The van der Waals surface area contributed by atoms with Crippen molar-refractivity contribution < 1.29 is 19.0 Å². The van der Waals surface area contributed by atoms with E-state index in [-0.39, 0.29) is 12.5 Å². The van der Waals surface area contributed by atoms with Crippen molar-refractivity contribution in [1.82, 2.24) is 5.32 Å². The molecule has 0 saturated heterocycles. The van der Waals surface area contributed by atoms with Crippen molar-refractivity contribution in [2.45, 2.75) is 13.3 Å². The van der Waals surface area contributed by atoms with E-state index >= 15 is 0 Å². The molecular weight excluding hydrogens is 246 g/mol. The quantitative estimate of drug-likeness (QED) is 0.691. The zero-order valence-electron chi connectivity index (χ0n) is 11.5. The van der Waals surface area contributed by atoms with Crippen LogP contribution in [0.4, 0.5) is 0 Å². The summed E-state index contributed by atoms with van der Waals surface area (Å²) in [5, 5.41) is 2.75. The molecule has 0 aliphatic heterocycles. The molecule has 0 bridgehead atoms. The molecule has 0 aliphatic carbocycles. The summed E-state index contributed by atoms with van der Waals surface area (Å²) >= 11 is 0. The van der Waals surface area contributed by atoms with Gasteiger partial charge in [-0.25, -0.2) is 0 Å². The fraction of sp³-hybridized carbons (Fsp3) is 0.500. The Labute approximate surface area is 113 Å². The Morgan fingerprint density at radius 3 is 2.68 bits per heavy atom. The summed E-state index contributed by atoms with van der Waals surface area (Å²) in [5.41, 5.74) is 0. The Balaban J connectivity index is 2.27. The lowest BCUT2D eigenvalue weighted by atomic mass is 10.3. The van der Waals surface area contributed by atoms with Crippen LogP contribution in [0.3, 0.4) is 0 Å². The van der Waals surface area contributed by atoms with Crippen LogP contribution >= 0.6 is 0 Å². The molecule has 5 nitrogen and oxygen atoms in total. The number of hydrogen-bond donors (Lipinski definition) is 1. The van der Waals surface area contributed by atoms with Crippen LogP contribution in [-0.4, -0.2) is 39.4 Å². The predicted octanol–water partition coefficient (Wildman–Crippen LogP) is 1.62. The standard InChI is InChI=1S/C14H21NO4/c1-3-18-12-6-4-7-13(10-12)19-11-14(16)15-8-5-9-17-2/h4,6-7,10H,3,5,8-9,11H2,1-2H3,(H,15,16). The molecule has 5 heteroatoms. The van der Waals surface area contributed by atoms with Crippen LogP contribution in [0.2, 0.25) is 0 Å². The Morgan fingerprint density at radius 2 is 2.00 bits per heavy atom. The van der Waals surface area contributed by atoms with Crippen molar-refractivity contribution in [2.75, 3.05) is 33.5 Å². The highest BCUT2D eigenvalue weighted by atomic mass is 16.5. The molecule has 0 heterocycles. The molecule has 0 saturated carbocycles. The smallest absolute Gasteiger partial charge is 0.257 e. The third kappa shape index (κ3) is 6.67. The van der Waals surface area contributed by atoms with Gasteiger partial charge in [-0.1, -0.05) is 6.07 Å². The molecular formula is C14H21NO4. The third-order valence-corrected chi connectivity index (χ3v) is 2.33. The molecule has 0 spiro atoms. The highest BCUT2D eigenvalue weighted by Crippen LogP contribution is 2.19. The number of methoxy groups -OCH3 is 1. The van der Waals surface area contributed by atoms with E-state index in [1.165, 1.54) is 0 Å². The second kappa shape index (κ2) is 9.22. The van der Waals surface area contributed by atoms with E-state index in [2.05, 4.69) is 5.32 Å². The van der Waals surface area contributed by atoms with E-state index < -0.39 is 0 Å². The lowest BCUT2D eigenvalue weighted by molar-refractivity contribution is -0.123. The molecule has 0 radical (unpaired) electrons. The Bertz CT molecular complexity index is 381. The number of nitrogens with one attached hydrogen (secondary N) is 1. The Hall–Kier alpha value is -1.75. The maximum Gasteiger partial charge on any atom is 0.257 e. The van der Waals surface area contributed by atoms with Gasteiger partial charge in [0.1, 0.15) is 11.5 Å². The molecule has 0 aromatic heterocycles. The number of hydrogen-bond acceptors (Lipinski definition) is 4. The van der Waals surface area contributed by atoms with Crippen LogP contribution in [0.1, 0.15) is 13.3 Å². The Kier molecular flexibility index (Phi) is 7.43. The molecule has 0 fully saturated rings. The molecule has 19 heavy (non-hydrogen) atoms. The molecule has 1 aromatic rings. The van der Waals surface area contributed by atoms with Crippen molar-refractivity contribution in [2.24, 2.45) is 0 Å². The third-order valence-electron chi connectivity index (χ3n) is 2.33. The summed E-state index contributed by atoms with van der Waals surface area (Å²) < 4.78 is 15.6. The highest BCUT2D eigenvalue weighted by molar-refractivity contribution is 5.77. The van der Waals surface area contributed by atoms with Crippen LogP contribution in [0.5, 0.6) is 11.5 Å². The minimum Gasteiger partial charge on any atom is -0.494 e. The normalized spacial score (nSPS) is 10.0. The van der Waals surface area contributed by atoms with Crippen molar-refractivity contribution in [3.8, 4) is 11.5 Å². The minimum absolute atomic E-state index is 0.00254. The summed E-state index contributed by atoms with van der Waals surface area (Å²) in [4.78, 5) is 11.5.